The van der Waals surface area contributed by atoms with Gasteiger partial charge >= 0.3 is 0 Å². The summed E-state index contributed by atoms with van der Waals surface area (Å²) in [6.45, 7) is 6.37. The molecule has 2 aromatic rings. The van der Waals surface area contributed by atoms with Crippen molar-refractivity contribution in [3.8, 4) is 17.6 Å². The fourth-order valence-corrected chi connectivity index (χ4v) is 3.16. The van der Waals surface area contributed by atoms with Crippen molar-refractivity contribution in [2.75, 3.05) is 20.7 Å². The number of nitriles is 1. The number of rotatable bonds is 9. The van der Waals surface area contributed by atoms with E-state index in [0.29, 0.717) is 40.1 Å². The van der Waals surface area contributed by atoms with Crippen molar-refractivity contribution in [3.05, 3.63) is 75.3 Å². The zero-order valence-corrected chi connectivity index (χ0v) is 19.3. The lowest BCUT2D eigenvalue weighted by molar-refractivity contribution is -0.124. The van der Waals surface area contributed by atoms with Crippen molar-refractivity contribution in [2.24, 2.45) is 0 Å². The molecule has 2 rings (SSSR count). The zero-order valence-electron chi connectivity index (χ0n) is 17.7. The molecule has 0 saturated heterocycles. The van der Waals surface area contributed by atoms with Crippen molar-refractivity contribution in [1.29, 1.82) is 5.26 Å². The Bertz CT molecular complexity index is 1040. The van der Waals surface area contributed by atoms with Gasteiger partial charge in [0, 0.05) is 19.7 Å². The number of nitrogens with zero attached hydrogens (tertiary/aromatic N) is 2. The maximum atomic E-state index is 12.2. The van der Waals surface area contributed by atoms with E-state index in [1.54, 1.807) is 44.4 Å². The normalized spacial score (nSPS) is 10.9. The molecular formula is C24H24Cl2N2O3. The zero-order chi connectivity index (χ0) is 23.0. The van der Waals surface area contributed by atoms with Gasteiger partial charge in [-0.3, -0.25) is 4.79 Å². The Morgan fingerprint density at radius 1 is 1.19 bits per heavy atom. The van der Waals surface area contributed by atoms with Gasteiger partial charge in [0.05, 0.1) is 16.7 Å². The number of carbonyl (C=O) groups excluding carboxylic acids is 1. The Balaban J connectivity index is 2.47. The molecule has 0 radical (unpaired) electrons. The first-order chi connectivity index (χ1) is 14.8. The molecule has 0 fully saturated rings. The number of amides is 1. The summed E-state index contributed by atoms with van der Waals surface area (Å²) in [5.74, 6) is 0.718. The lowest BCUT2D eigenvalue weighted by Crippen LogP contribution is -2.22. The molecule has 31 heavy (non-hydrogen) atoms. The van der Waals surface area contributed by atoms with Gasteiger partial charge in [0.1, 0.15) is 18.2 Å². The number of ether oxygens (including phenoxy) is 2. The number of carbonyl (C=O) groups is 1. The minimum absolute atomic E-state index is 0.0291. The van der Waals surface area contributed by atoms with Gasteiger partial charge < -0.3 is 14.4 Å². The van der Waals surface area contributed by atoms with E-state index in [-0.39, 0.29) is 18.1 Å². The summed E-state index contributed by atoms with van der Waals surface area (Å²) in [5.41, 5.74) is 2.37. The van der Waals surface area contributed by atoms with E-state index in [1.165, 1.54) is 4.90 Å². The first-order valence-electron chi connectivity index (χ1n) is 9.61. The number of allylic oxidation sites excluding steroid dienone is 1. The number of hydrogen-bond acceptors (Lipinski definition) is 4. The minimum atomic E-state index is -0.370. The van der Waals surface area contributed by atoms with E-state index >= 15 is 0 Å². The van der Waals surface area contributed by atoms with E-state index < -0.39 is 0 Å². The molecule has 162 valence electrons. The monoisotopic (exact) mass is 458 g/mol. The van der Waals surface area contributed by atoms with Gasteiger partial charge in [-0.1, -0.05) is 35.3 Å². The summed E-state index contributed by atoms with van der Waals surface area (Å²) in [5, 5.41) is 10.3. The van der Waals surface area contributed by atoms with Crippen LogP contribution in [0.5, 0.6) is 11.5 Å². The van der Waals surface area contributed by atoms with Crippen LogP contribution in [0, 0.1) is 11.3 Å². The highest BCUT2D eigenvalue weighted by molar-refractivity contribution is 6.42. The highest BCUT2D eigenvalue weighted by atomic mass is 35.5. The van der Waals surface area contributed by atoms with E-state index in [0.717, 1.165) is 11.1 Å². The number of benzene rings is 2. The fraction of sp³-hybridized carbons (Fsp3) is 0.250. The van der Waals surface area contributed by atoms with Crippen LogP contribution in [0.4, 0.5) is 0 Å². The largest absolute Gasteiger partial charge is 0.490 e. The van der Waals surface area contributed by atoms with Gasteiger partial charge in [-0.15, -0.1) is 6.58 Å². The van der Waals surface area contributed by atoms with Crippen molar-refractivity contribution in [1.82, 2.24) is 4.90 Å². The third kappa shape index (κ3) is 6.52. The van der Waals surface area contributed by atoms with Crippen molar-refractivity contribution < 1.29 is 14.3 Å². The van der Waals surface area contributed by atoms with Crippen LogP contribution in [0.2, 0.25) is 10.0 Å². The molecule has 0 aliphatic rings. The third-order valence-corrected chi connectivity index (χ3v) is 4.99. The van der Waals surface area contributed by atoms with Gasteiger partial charge in [0.2, 0.25) is 0 Å². The minimum Gasteiger partial charge on any atom is -0.490 e. The van der Waals surface area contributed by atoms with Gasteiger partial charge in [0.25, 0.3) is 5.91 Å². The molecule has 5 nitrogen and oxygen atoms in total. The number of halogens is 2. The van der Waals surface area contributed by atoms with Crippen LogP contribution < -0.4 is 9.47 Å². The molecule has 1 amide bonds. The lowest BCUT2D eigenvalue weighted by Gasteiger charge is -2.17. The molecule has 0 aliphatic heterocycles. The van der Waals surface area contributed by atoms with Crippen LogP contribution in [-0.4, -0.2) is 31.5 Å². The van der Waals surface area contributed by atoms with E-state index in [2.05, 4.69) is 6.58 Å². The topological polar surface area (TPSA) is 62.6 Å². The summed E-state index contributed by atoms with van der Waals surface area (Å²) in [7, 11) is 3.20. The first-order valence-corrected chi connectivity index (χ1v) is 10.4. The third-order valence-electron chi connectivity index (χ3n) is 4.25. The van der Waals surface area contributed by atoms with Crippen molar-refractivity contribution in [3.63, 3.8) is 0 Å². The first kappa shape index (κ1) is 24.3. The van der Waals surface area contributed by atoms with Gasteiger partial charge in [-0.05, 0) is 54.8 Å². The molecule has 0 aliphatic carbocycles. The smallest absolute Gasteiger partial charge is 0.264 e. The second-order valence-corrected chi connectivity index (χ2v) is 7.65. The van der Waals surface area contributed by atoms with E-state index in [9.17, 15) is 10.1 Å². The highest BCUT2D eigenvalue weighted by Gasteiger charge is 2.16. The second kappa shape index (κ2) is 11.5. The second-order valence-electron chi connectivity index (χ2n) is 6.84. The van der Waals surface area contributed by atoms with Crippen LogP contribution in [0.25, 0.3) is 6.08 Å². The van der Waals surface area contributed by atoms with Crippen LogP contribution in [-0.2, 0) is 17.8 Å². The van der Waals surface area contributed by atoms with Crippen molar-refractivity contribution >= 4 is 35.2 Å². The molecule has 0 spiro atoms. The molecule has 0 N–H and O–H groups in total. The molecule has 7 heteroatoms. The maximum Gasteiger partial charge on any atom is 0.264 e. The quantitative estimate of drug-likeness (QED) is 0.274. The van der Waals surface area contributed by atoms with Gasteiger partial charge in [-0.25, -0.2) is 0 Å². The van der Waals surface area contributed by atoms with Crippen LogP contribution in [0.1, 0.15) is 23.6 Å². The fourth-order valence-electron chi connectivity index (χ4n) is 2.83. The predicted octanol–water partition coefficient (Wildman–Crippen LogP) is 5.69. The average Bonchev–Trinajstić information content (AvgIpc) is 2.73. The summed E-state index contributed by atoms with van der Waals surface area (Å²) in [6.07, 6.45) is 3.81. The molecule has 0 unspecified atom stereocenters. The standard InChI is InChI=1S/C24H24Cl2N2O3/c1-5-7-18-10-17(11-19(14-27)24(29)28(3)4)13-22(30-6-2)23(18)31-15-16-8-9-20(25)21(26)12-16/h5,8-13H,1,6-7,15H2,2-4H3/b19-11-. The van der Waals surface area contributed by atoms with E-state index in [1.807, 2.05) is 25.1 Å². The Morgan fingerprint density at radius 3 is 2.52 bits per heavy atom. The molecular weight excluding hydrogens is 435 g/mol. The average molecular weight is 459 g/mol. The molecule has 0 aromatic heterocycles. The Morgan fingerprint density at radius 2 is 1.94 bits per heavy atom. The van der Waals surface area contributed by atoms with Crippen LogP contribution >= 0.6 is 23.2 Å². The summed E-state index contributed by atoms with van der Waals surface area (Å²) in [6, 6.07) is 10.9. The summed E-state index contributed by atoms with van der Waals surface area (Å²) < 4.78 is 11.9. The van der Waals surface area contributed by atoms with Gasteiger partial charge in [-0.2, -0.15) is 5.26 Å². The predicted molar refractivity (Wildman–Crippen MR) is 125 cm³/mol. The highest BCUT2D eigenvalue weighted by Crippen LogP contribution is 2.35. The Labute approximate surface area is 193 Å². The molecule has 2 aromatic carbocycles. The Kier molecular flexibility index (Phi) is 8.99. The van der Waals surface area contributed by atoms with Crippen molar-refractivity contribution in [2.45, 2.75) is 20.0 Å². The summed E-state index contributed by atoms with van der Waals surface area (Å²) in [4.78, 5) is 13.6. The molecule has 0 saturated carbocycles. The lowest BCUT2D eigenvalue weighted by atomic mass is 10.0. The van der Waals surface area contributed by atoms with Crippen LogP contribution in [0.15, 0.2) is 48.6 Å². The SMILES string of the molecule is C=CCc1cc(/C=C(/C#N)C(=O)N(C)C)cc(OCC)c1OCc1ccc(Cl)c(Cl)c1. The molecule has 0 atom stereocenters. The number of hydrogen-bond donors (Lipinski definition) is 0. The number of likely N-dealkylation sites (N-methyl/N-ethyl adjacent to an activating group) is 1. The van der Waals surface area contributed by atoms with E-state index in [4.69, 9.17) is 32.7 Å². The van der Waals surface area contributed by atoms with Gasteiger partial charge in [0.15, 0.2) is 11.5 Å². The molecule has 0 heterocycles. The Hall–Kier alpha value is -2.94. The molecule has 0 bridgehead atoms. The summed E-state index contributed by atoms with van der Waals surface area (Å²) >= 11 is 12.1. The van der Waals surface area contributed by atoms with Crippen LogP contribution in [0.3, 0.4) is 0 Å². The maximum absolute atomic E-state index is 12.2.